The second-order valence-electron chi connectivity index (χ2n) is 5.57. The lowest BCUT2D eigenvalue weighted by Gasteiger charge is -2.33. The molecule has 1 aromatic carbocycles. The number of aromatic hydroxyl groups is 1. The number of nitrogens with zero attached hydrogens (tertiary/aromatic N) is 3. The highest BCUT2D eigenvalue weighted by atomic mass is 16.3. The van der Waals surface area contributed by atoms with Crippen molar-refractivity contribution in [1.82, 2.24) is 4.98 Å². The van der Waals surface area contributed by atoms with E-state index < -0.39 is 0 Å². The number of benzene rings is 1. The largest absolute Gasteiger partial charge is 0.508 e. The summed E-state index contributed by atoms with van der Waals surface area (Å²) in [5, 5.41) is 18.3. The molecule has 112 valence electrons. The van der Waals surface area contributed by atoms with Gasteiger partial charge < -0.3 is 15.7 Å². The Morgan fingerprint density at radius 3 is 2.41 bits per heavy atom. The van der Waals surface area contributed by atoms with Crippen molar-refractivity contribution in [2.45, 2.75) is 18.8 Å². The van der Waals surface area contributed by atoms with Crippen LogP contribution in [0.4, 0.5) is 11.6 Å². The molecular formula is C17H18N4O. The number of aromatic nitrogens is 1. The van der Waals surface area contributed by atoms with Crippen molar-refractivity contribution in [2.24, 2.45) is 0 Å². The molecule has 1 aliphatic heterocycles. The monoisotopic (exact) mass is 294 g/mol. The number of piperidine rings is 1. The predicted molar refractivity (Wildman–Crippen MR) is 85.7 cm³/mol. The van der Waals surface area contributed by atoms with Crippen LogP contribution in [-0.2, 0) is 0 Å². The molecule has 3 N–H and O–H groups in total. The van der Waals surface area contributed by atoms with Gasteiger partial charge in [0, 0.05) is 13.1 Å². The molecule has 0 bridgehead atoms. The molecule has 0 aliphatic carbocycles. The molecule has 2 aromatic rings. The third-order valence-corrected chi connectivity index (χ3v) is 4.21. The molecule has 1 aliphatic rings. The van der Waals surface area contributed by atoms with Crippen molar-refractivity contribution in [3.05, 3.63) is 47.5 Å². The lowest BCUT2D eigenvalue weighted by molar-refractivity contribution is 0.472. The van der Waals surface area contributed by atoms with Gasteiger partial charge in [0.25, 0.3) is 0 Å². The molecule has 1 aromatic heterocycles. The number of phenols is 1. The fourth-order valence-electron chi connectivity index (χ4n) is 2.92. The number of anilines is 2. The van der Waals surface area contributed by atoms with Gasteiger partial charge in [-0.3, -0.25) is 0 Å². The quantitative estimate of drug-likeness (QED) is 0.889. The van der Waals surface area contributed by atoms with E-state index in [-0.39, 0.29) is 0 Å². The van der Waals surface area contributed by atoms with E-state index in [2.05, 4.69) is 9.88 Å². The van der Waals surface area contributed by atoms with Gasteiger partial charge in [-0.25, -0.2) is 4.98 Å². The maximum atomic E-state index is 9.36. The average molecular weight is 294 g/mol. The molecule has 3 rings (SSSR count). The van der Waals surface area contributed by atoms with Gasteiger partial charge in [-0.1, -0.05) is 12.1 Å². The number of nitriles is 1. The number of rotatable bonds is 2. The van der Waals surface area contributed by atoms with E-state index in [1.54, 1.807) is 18.2 Å². The molecule has 5 heteroatoms. The smallest absolute Gasteiger partial charge is 0.143 e. The molecular weight excluding hydrogens is 276 g/mol. The van der Waals surface area contributed by atoms with Gasteiger partial charge >= 0.3 is 0 Å². The molecule has 2 heterocycles. The predicted octanol–water partition coefficient (Wildman–Crippen LogP) is 2.63. The Bertz CT molecular complexity index is 698. The Balaban J connectivity index is 1.68. The Morgan fingerprint density at radius 1 is 1.14 bits per heavy atom. The summed E-state index contributed by atoms with van der Waals surface area (Å²) in [6.07, 6.45) is 2.07. The zero-order valence-corrected chi connectivity index (χ0v) is 12.2. The van der Waals surface area contributed by atoms with Crippen LogP contribution in [0.3, 0.4) is 0 Å². The lowest BCUT2D eigenvalue weighted by Crippen LogP contribution is -2.33. The summed E-state index contributed by atoms with van der Waals surface area (Å²) in [7, 11) is 0. The summed E-state index contributed by atoms with van der Waals surface area (Å²) in [5.74, 6) is 1.94. The topological polar surface area (TPSA) is 86.2 Å². The van der Waals surface area contributed by atoms with Gasteiger partial charge in [0.05, 0.1) is 5.56 Å². The van der Waals surface area contributed by atoms with Gasteiger partial charge in [-0.05, 0) is 48.6 Å². The van der Waals surface area contributed by atoms with Crippen LogP contribution < -0.4 is 10.6 Å². The fourth-order valence-corrected chi connectivity index (χ4v) is 2.92. The van der Waals surface area contributed by atoms with Crippen LogP contribution in [-0.4, -0.2) is 23.2 Å². The van der Waals surface area contributed by atoms with E-state index in [1.807, 2.05) is 24.3 Å². The minimum Gasteiger partial charge on any atom is -0.508 e. The number of nitrogens with two attached hydrogens (primary N) is 1. The summed E-state index contributed by atoms with van der Waals surface area (Å²) in [4.78, 5) is 6.53. The first-order chi connectivity index (χ1) is 10.7. The minimum absolute atomic E-state index is 0.292. The molecule has 0 unspecified atom stereocenters. The van der Waals surface area contributed by atoms with Crippen molar-refractivity contribution in [2.75, 3.05) is 23.7 Å². The zero-order valence-electron chi connectivity index (χ0n) is 12.2. The number of pyridine rings is 1. The maximum absolute atomic E-state index is 9.36. The summed E-state index contributed by atoms with van der Waals surface area (Å²) in [6.45, 7) is 1.81. The van der Waals surface area contributed by atoms with E-state index >= 15 is 0 Å². The normalized spacial score (nSPS) is 15.5. The Hall–Kier alpha value is -2.74. The van der Waals surface area contributed by atoms with E-state index in [0.717, 1.165) is 31.7 Å². The first-order valence-electron chi connectivity index (χ1n) is 7.38. The maximum Gasteiger partial charge on any atom is 0.143 e. The lowest BCUT2D eigenvalue weighted by atomic mass is 9.89. The molecule has 1 saturated heterocycles. The summed E-state index contributed by atoms with van der Waals surface area (Å²) in [5.41, 5.74) is 7.47. The SMILES string of the molecule is N#Cc1ccc(N2CCC(c3ccc(O)cc3)CC2)nc1N. The molecule has 0 saturated carbocycles. The van der Waals surface area contributed by atoms with Crippen molar-refractivity contribution < 1.29 is 5.11 Å². The van der Waals surface area contributed by atoms with Crippen LogP contribution >= 0.6 is 0 Å². The van der Waals surface area contributed by atoms with E-state index in [4.69, 9.17) is 11.0 Å². The fraction of sp³-hybridized carbons (Fsp3) is 0.294. The van der Waals surface area contributed by atoms with Crippen LogP contribution in [0.5, 0.6) is 5.75 Å². The van der Waals surface area contributed by atoms with Crippen molar-refractivity contribution in [1.29, 1.82) is 5.26 Å². The van der Waals surface area contributed by atoms with E-state index in [1.165, 1.54) is 5.56 Å². The Morgan fingerprint density at radius 2 is 1.82 bits per heavy atom. The third-order valence-electron chi connectivity index (χ3n) is 4.21. The first kappa shape index (κ1) is 14.2. The number of hydrogen-bond donors (Lipinski definition) is 2. The minimum atomic E-state index is 0.292. The zero-order chi connectivity index (χ0) is 15.5. The second-order valence-corrected chi connectivity index (χ2v) is 5.57. The molecule has 5 nitrogen and oxygen atoms in total. The van der Waals surface area contributed by atoms with Crippen molar-refractivity contribution in [3.8, 4) is 11.8 Å². The summed E-state index contributed by atoms with van der Waals surface area (Å²) >= 11 is 0. The van der Waals surface area contributed by atoms with Gasteiger partial charge in [0.1, 0.15) is 23.5 Å². The van der Waals surface area contributed by atoms with Gasteiger partial charge in [-0.15, -0.1) is 0 Å². The standard InChI is InChI=1S/C17H18N4O/c18-11-14-3-6-16(20-17(14)19)21-9-7-13(8-10-21)12-1-4-15(22)5-2-12/h1-6,13,22H,7-10H2,(H2,19,20). The van der Waals surface area contributed by atoms with Gasteiger partial charge in [0.15, 0.2) is 0 Å². The average Bonchev–Trinajstić information content (AvgIpc) is 2.56. The second kappa shape index (κ2) is 5.94. The van der Waals surface area contributed by atoms with E-state index in [9.17, 15) is 5.11 Å². The highest BCUT2D eigenvalue weighted by Crippen LogP contribution is 2.31. The van der Waals surface area contributed by atoms with Gasteiger partial charge in [0.2, 0.25) is 0 Å². The molecule has 0 atom stereocenters. The molecule has 0 spiro atoms. The highest BCUT2D eigenvalue weighted by Gasteiger charge is 2.21. The number of nitrogen functional groups attached to an aromatic ring is 1. The molecule has 1 fully saturated rings. The van der Waals surface area contributed by atoms with Crippen molar-refractivity contribution in [3.63, 3.8) is 0 Å². The summed E-state index contributed by atoms with van der Waals surface area (Å²) < 4.78 is 0. The van der Waals surface area contributed by atoms with E-state index in [0.29, 0.717) is 23.0 Å². The summed E-state index contributed by atoms with van der Waals surface area (Å²) in [6, 6.07) is 13.1. The Labute approximate surface area is 129 Å². The highest BCUT2D eigenvalue weighted by molar-refractivity contribution is 5.55. The Kier molecular flexibility index (Phi) is 3.84. The van der Waals surface area contributed by atoms with Crippen LogP contribution in [0.15, 0.2) is 36.4 Å². The van der Waals surface area contributed by atoms with Crippen molar-refractivity contribution >= 4 is 11.6 Å². The van der Waals surface area contributed by atoms with Crippen LogP contribution in [0.2, 0.25) is 0 Å². The number of hydrogen-bond acceptors (Lipinski definition) is 5. The van der Waals surface area contributed by atoms with Gasteiger partial charge in [-0.2, -0.15) is 5.26 Å². The molecule has 0 radical (unpaired) electrons. The van der Waals surface area contributed by atoms with Crippen LogP contribution in [0, 0.1) is 11.3 Å². The molecule has 22 heavy (non-hydrogen) atoms. The first-order valence-corrected chi connectivity index (χ1v) is 7.38. The third kappa shape index (κ3) is 2.82. The van der Waals surface area contributed by atoms with Crippen LogP contribution in [0.1, 0.15) is 29.9 Å². The number of phenolic OH excluding ortho intramolecular Hbond substituents is 1. The molecule has 0 amide bonds. The van der Waals surface area contributed by atoms with Crippen LogP contribution in [0.25, 0.3) is 0 Å².